The number of rotatable bonds is 10. The molecule has 6 nitrogen and oxygen atoms in total. The van der Waals surface area contributed by atoms with Crippen LogP contribution >= 0.6 is 11.8 Å². The minimum Gasteiger partial charge on any atom is -0.480 e. The Morgan fingerprint density at radius 2 is 1.93 bits per heavy atom. The molecule has 29 heavy (non-hydrogen) atoms. The summed E-state index contributed by atoms with van der Waals surface area (Å²) in [6, 6.07) is 9.13. The Bertz CT molecular complexity index is 684. The molecule has 1 fully saturated rings. The highest BCUT2D eigenvalue weighted by Crippen LogP contribution is 2.45. The van der Waals surface area contributed by atoms with E-state index in [1.54, 1.807) is 0 Å². The van der Waals surface area contributed by atoms with E-state index in [1.165, 1.54) is 22.9 Å². The van der Waals surface area contributed by atoms with Crippen LogP contribution in [-0.2, 0) is 11.2 Å². The Kier molecular flexibility index (Phi) is 8.04. The summed E-state index contributed by atoms with van der Waals surface area (Å²) in [6.07, 6.45) is 6.06. The van der Waals surface area contributed by atoms with Crippen LogP contribution in [0.1, 0.15) is 55.7 Å². The summed E-state index contributed by atoms with van der Waals surface area (Å²) in [6.45, 7) is 1.83. The van der Waals surface area contributed by atoms with E-state index in [0.29, 0.717) is 25.3 Å². The second-order valence-electron chi connectivity index (χ2n) is 8.30. The van der Waals surface area contributed by atoms with Crippen LogP contribution in [0.2, 0.25) is 6.32 Å². The van der Waals surface area contributed by atoms with E-state index in [9.17, 15) is 9.90 Å². The number of unbranched alkanes of at least 4 members (excludes halogenated alkanes) is 1. The number of nitrogens with two attached hydrogens (primary N) is 1. The molecule has 1 aromatic carbocycles. The minimum absolute atomic E-state index is 0.0838. The van der Waals surface area contributed by atoms with Gasteiger partial charge in [0.25, 0.3) is 0 Å². The van der Waals surface area contributed by atoms with Gasteiger partial charge < -0.3 is 20.9 Å². The first-order valence-electron chi connectivity index (χ1n) is 10.7. The van der Waals surface area contributed by atoms with Crippen LogP contribution in [0.3, 0.4) is 0 Å². The van der Waals surface area contributed by atoms with E-state index >= 15 is 0 Å². The number of hydrogen-bond donors (Lipinski definition) is 4. The SMILES string of the molecule is NCSC(CCCCB(O)O)(C(=O)O)C1CCN(C2CCc3ccccc32)CC1. The van der Waals surface area contributed by atoms with Gasteiger partial charge in [-0.1, -0.05) is 37.1 Å². The molecule has 0 saturated carbocycles. The number of aliphatic carboxylic acids is 1. The Morgan fingerprint density at radius 3 is 2.59 bits per heavy atom. The Hall–Kier alpha value is -1.06. The lowest BCUT2D eigenvalue weighted by Gasteiger charge is -2.43. The predicted molar refractivity (Wildman–Crippen MR) is 118 cm³/mol. The zero-order valence-corrected chi connectivity index (χ0v) is 17.8. The summed E-state index contributed by atoms with van der Waals surface area (Å²) in [4.78, 5) is 14.9. The third-order valence-corrected chi connectivity index (χ3v) is 8.09. The summed E-state index contributed by atoms with van der Waals surface area (Å²) in [5.41, 5.74) is 8.69. The van der Waals surface area contributed by atoms with Gasteiger partial charge in [-0.25, -0.2) is 0 Å². The maximum Gasteiger partial charge on any atom is 0.451 e. The number of likely N-dealkylation sites (tertiary alicyclic amines) is 1. The fourth-order valence-electron chi connectivity index (χ4n) is 5.19. The van der Waals surface area contributed by atoms with Crippen molar-refractivity contribution in [2.75, 3.05) is 19.0 Å². The third kappa shape index (κ3) is 5.17. The number of carbonyl (C=O) groups is 1. The number of nitrogens with zero attached hydrogens (tertiary/aromatic N) is 1. The fraction of sp³-hybridized carbons (Fsp3) is 0.667. The van der Waals surface area contributed by atoms with Crippen LogP contribution in [0.25, 0.3) is 0 Å². The van der Waals surface area contributed by atoms with Gasteiger partial charge in [0.05, 0.1) is 0 Å². The molecule has 1 aliphatic heterocycles. The van der Waals surface area contributed by atoms with Gasteiger partial charge in [0.15, 0.2) is 0 Å². The van der Waals surface area contributed by atoms with Gasteiger partial charge in [-0.05, 0) is 68.6 Å². The summed E-state index contributed by atoms with van der Waals surface area (Å²) in [5.74, 6) is -0.409. The van der Waals surface area contributed by atoms with Crippen LogP contribution in [-0.4, -0.2) is 56.9 Å². The molecule has 1 heterocycles. The van der Waals surface area contributed by atoms with Crippen molar-refractivity contribution in [3.63, 3.8) is 0 Å². The second-order valence-corrected chi connectivity index (χ2v) is 9.65. The first-order valence-corrected chi connectivity index (χ1v) is 11.7. The highest BCUT2D eigenvalue weighted by Gasteiger charge is 2.47. The molecule has 5 N–H and O–H groups in total. The Labute approximate surface area is 178 Å². The van der Waals surface area contributed by atoms with Gasteiger partial charge in [0, 0.05) is 11.9 Å². The number of piperidine rings is 1. The van der Waals surface area contributed by atoms with Crippen molar-refractivity contribution < 1.29 is 19.9 Å². The third-order valence-electron chi connectivity index (χ3n) is 6.69. The van der Waals surface area contributed by atoms with Gasteiger partial charge in [0.2, 0.25) is 0 Å². The number of carboxylic acids is 1. The second kappa shape index (κ2) is 10.3. The molecule has 0 spiro atoms. The molecule has 3 rings (SSSR count). The van der Waals surface area contributed by atoms with E-state index in [4.69, 9.17) is 15.8 Å². The Morgan fingerprint density at radius 1 is 1.21 bits per heavy atom. The number of fused-ring (bicyclic) bond motifs is 1. The molecule has 8 heteroatoms. The average Bonchev–Trinajstić information content (AvgIpc) is 3.14. The van der Waals surface area contributed by atoms with E-state index in [2.05, 4.69) is 29.2 Å². The van der Waals surface area contributed by atoms with Crippen LogP contribution < -0.4 is 5.73 Å². The first kappa shape index (κ1) is 22.6. The van der Waals surface area contributed by atoms with Crippen LogP contribution in [0.5, 0.6) is 0 Å². The minimum atomic E-state index is -1.33. The zero-order valence-electron chi connectivity index (χ0n) is 17.0. The largest absolute Gasteiger partial charge is 0.480 e. The van der Waals surface area contributed by atoms with Crippen LogP contribution in [0.4, 0.5) is 0 Å². The normalized spacial score (nSPS) is 22.2. The van der Waals surface area contributed by atoms with Crippen LogP contribution in [0, 0.1) is 5.92 Å². The Balaban J connectivity index is 1.64. The van der Waals surface area contributed by atoms with Crippen molar-refractivity contribution in [3.8, 4) is 0 Å². The molecule has 1 aromatic rings. The van der Waals surface area contributed by atoms with Crippen molar-refractivity contribution in [3.05, 3.63) is 35.4 Å². The van der Waals surface area contributed by atoms with Crippen molar-refractivity contribution in [2.45, 2.75) is 62.1 Å². The molecule has 2 unspecified atom stereocenters. The predicted octanol–water partition coefficient (Wildman–Crippen LogP) is 2.50. The van der Waals surface area contributed by atoms with E-state index in [-0.39, 0.29) is 18.1 Å². The van der Waals surface area contributed by atoms with E-state index in [1.807, 2.05) is 0 Å². The number of aryl methyl sites for hydroxylation is 1. The molecule has 2 aliphatic rings. The summed E-state index contributed by atoms with van der Waals surface area (Å²) < 4.78 is -0.880. The molecule has 1 saturated heterocycles. The monoisotopic (exact) mass is 420 g/mol. The van der Waals surface area contributed by atoms with Crippen molar-refractivity contribution >= 4 is 24.8 Å². The molecular formula is C21H33BN2O4S. The highest BCUT2D eigenvalue weighted by atomic mass is 32.2. The van der Waals surface area contributed by atoms with Gasteiger partial charge in [-0.2, -0.15) is 0 Å². The first-order chi connectivity index (χ1) is 14.0. The molecule has 1 aliphatic carbocycles. The smallest absolute Gasteiger partial charge is 0.451 e. The van der Waals surface area contributed by atoms with Gasteiger partial charge >= 0.3 is 13.1 Å². The molecular weight excluding hydrogens is 387 g/mol. The molecule has 0 radical (unpaired) electrons. The van der Waals surface area contributed by atoms with E-state index < -0.39 is 17.8 Å². The fourth-order valence-corrected chi connectivity index (χ4v) is 6.37. The molecule has 160 valence electrons. The van der Waals surface area contributed by atoms with Crippen molar-refractivity contribution in [1.29, 1.82) is 0 Å². The maximum atomic E-state index is 12.4. The summed E-state index contributed by atoms with van der Waals surface area (Å²) in [7, 11) is -1.33. The summed E-state index contributed by atoms with van der Waals surface area (Å²) in [5, 5.41) is 28.2. The lowest BCUT2D eigenvalue weighted by Crippen LogP contribution is -2.49. The van der Waals surface area contributed by atoms with Crippen LogP contribution in [0.15, 0.2) is 24.3 Å². The number of benzene rings is 1. The highest BCUT2D eigenvalue weighted by molar-refractivity contribution is 8.01. The molecule has 0 amide bonds. The molecule has 0 bridgehead atoms. The summed E-state index contributed by atoms with van der Waals surface area (Å²) >= 11 is 1.35. The number of carboxylic acid groups (broad SMARTS) is 1. The van der Waals surface area contributed by atoms with E-state index in [0.717, 1.165) is 38.8 Å². The lowest BCUT2D eigenvalue weighted by molar-refractivity contribution is -0.142. The molecule has 0 aromatic heterocycles. The lowest BCUT2D eigenvalue weighted by atomic mass is 9.78. The van der Waals surface area contributed by atoms with Gasteiger partial charge in [0.1, 0.15) is 4.75 Å². The zero-order chi connectivity index (χ0) is 20.9. The topological polar surface area (TPSA) is 107 Å². The van der Waals surface area contributed by atoms with Crippen molar-refractivity contribution in [2.24, 2.45) is 11.7 Å². The van der Waals surface area contributed by atoms with Gasteiger partial charge in [-0.3, -0.25) is 9.69 Å². The number of hydrogen-bond acceptors (Lipinski definition) is 6. The number of thioether (sulfide) groups is 1. The van der Waals surface area contributed by atoms with Gasteiger partial charge in [-0.15, -0.1) is 11.8 Å². The maximum absolute atomic E-state index is 12.4. The van der Waals surface area contributed by atoms with Crippen molar-refractivity contribution in [1.82, 2.24) is 4.90 Å². The quantitative estimate of drug-likeness (QED) is 0.262. The average molecular weight is 420 g/mol. The molecule has 2 atom stereocenters. The standard InChI is InChI=1S/C21H33BN2O4S/c23-15-29-21(20(25)26,11-3-4-12-22(27)28)17-9-13-24(14-10-17)19-8-7-16-5-1-2-6-18(16)19/h1-2,5-6,17,19,27-28H,3-4,7-15,23H2,(H,25,26).